The van der Waals surface area contributed by atoms with Gasteiger partial charge in [0.25, 0.3) is 0 Å². The molecule has 3 N–H and O–H groups in total. The largest absolute Gasteiger partial charge is 0.490 e. The average molecular weight is 282 g/mol. The Labute approximate surface area is 119 Å². The van der Waals surface area contributed by atoms with Crippen LogP contribution in [0.5, 0.6) is 11.5 Å². The zero-order valence-electron chi connectivity index (χ0n) is 11.8. The zero-order chi connectivity index (χ0) is 14.2. The van der Waals surface area contributed by atoms with Gasteiger partial charge in [0.2, 0.25) is 0 Å². The minimum atomic E-state index is -0.0935. The van der Waals surface area contributed by atoms with Crippen molar-refractivity contribution in [3.8, 4) is 11.5 Å². The summed E-state index contributed by atoms with van der Waals surface area (Å²) in [6, 6.07) is 5.74. The van der Waals surface area contributed by atoms with Gasteiger partial charge in [-0.15, -0.1) is 0 Å². The molecule has 2 rings (SSSR count). The third-order valence-electron chi connectivity index (χ3n) is 3.09. The molecule has 6 heteroatoms. The minimum Gasteiger partial charge on any atom is -0.490 e. The van der Waals surface area contributed by atoms with Crippen LogP contribution in [0.1, 0.15) is 18.0 Å². The van der Waals surface area contributed by atoms with Gasteiger partial charge in [-0.05, 0) is 17.7 Å². The van der Waals surface area contributed by atoms with Gasteiger partial charge < -0.3 is 18.9 Å². The summed E-state index contributed by atoms with van der Waals surface area (Å²) in [5, 5.41) is 0. The van der Waals surface area contributed by atoms with Crippen LogP contribution in [0.2, 0.25) is 0 Å². The van der Waals surface area contributed by atoms with E-state index < -0.39 is 0 Å². The van der Waals surface area contributed by atoms with Crippen molar-refractivity contribution >= 4 is 0 Å². The first-order chi connectivity index (χ1) is 9.85. The van der Waals surface area contributed by atoms with Crippen LogP contribution < -0.4 is 20.7 Å². The van der Waals surface area contributed by atoms with E-state index in [1.165, 1.54) is 0 Å². The van der Waals surface area contributed by atoms with Crippen LogP contribution in [0.25, 0.3) is 0 Å². The Morgan fingerprint density at radius 1 is 1.25 bits per heavy atom. The molecule has 0 radical (unpaired) electrons. The number of ether oxygens (including phenoxy) is 4. The monoisotopic (exact) mass is 282 g/mol. The number of rotatable bonds is 7. The Balaban J connectivity index is 2.00. The number of nitrogens with one attached hydrogen (secondary N) is 1. The van der Waals surface area contributed by atoms with Crippen molar-refractivity contribution in [2.24, 2.45) is 5.84 Å². The maximum Gasteiger partial charge on any atom is 0.161 e. The van der Waals surface area contributed by atoms with Crippen molar-refractivity contribution in [3.05, 3.63) is 23.8 Å². The smallest absolute Gasteiger partial charge is 0.161 e. The molecule has 1 heterocycles. The summed E-state index contributed by atoms with van der Waals surface area (Å²) in [5.74, 6) is 7.13. The number of nitrogens with two attached hydrogens (primary N) is 1. The van der Waals surface area contributed by atoms with Crippen LogP contribution in [-0.2, 0) is 9.47 Å². The van der Waals surface area contributed by atoms with Gasteiger partial charge in [0, 0.05) is 13.5 Å². The van der Waals surface area contributed by atoms with Crippen LogP contribution in [-0.4, -0.2) is 40.1 Å². The lowest BCUT2D eigenvalue weighted by atomic mass is 10.1. The molecule has 6 nitrogen and oxygen atoms in total. The molecule has 20 heavy (non-hydrogen) atoms. The van der Waals surface area contributed by atoms with Gasteiger partial charge in [-0.25, -0.2) is 0 Å². The summed E-state index contributed by atoms with van der Waals surface area (Å²) in [6.07, 6.45) is 0.892. The van der Waals surface area contributed by atoms with Crippen molar-refractivity contribution in [1.29, 1.82) is 0 Å². The highest BCUT2D eigenvalue weighted by Gasteiger charge is 2.15. The fourth-order valence-corrected chi connectivity index (χ4v) is 1.98. The molecule has 0 aliphatic carbocycles. The van der Waals surface area contributed by atoms with Gasteiger partial charge >= 0.3 is 0 Å². The summed E-state index contributed by atoms with van der Waals surface area (Å²) in [6.45, 7) is 2.93. The molecule has 0 fully saturated rings. The average Bonchev–Trinajstić information content (AvgIpc) is 2.72. The third-order valence-corrected chi connectivity index (χ3v) is 3.09. The summed E-state index contributed by atoms with van der Waals surface area (Å²) >= 11 is 0. The summed E-state index contributed by atoms with van der Waals surface area (Å²) in [7, 11) is 1.64. The van der Waals surface area contributed by atoms with Gasteiger partial charge in [0.15, 0.2) is 11.5 Å². The molecule has 1 unspecified atom stereocenters. The van der Waals surface area contributed by atoms with Crippen LogP contribution >= 0.6 is 0 Å². The molecule has 1 aliphatic rings. The molecule has 1 aliphatic heterocycles. The molecule has 1 atom stereocenters. The molecule has 112 valence electrons. The fourth-order valence-electron chi connectivity index (χ4n) is 1.98. The molecule has 0 aromatic heterocycles. The number of hydrogen-bond donors (Lipinski definition) is 2. The van der Waals surface area contributed by atoms with Gasteiger partial charge in [-0.2, -0.15) is 0 Å². The van der Waals surface area contributed by atoms with E-state index in [0.717, 1.165) is 23.5 Å². The molecule has 0 bridgehead atoms. The molecule has 0 spiro atoms. The van der Waals surface area contributed by atoms with Crippen molar-refractivity contribution in [2.45, 2.75) is 12.5 Å². The number of methoxy groups -OCH3 is 1. The lowest BCUT2D eigenvalue weighted by molar-refractivity contribution is 0.0585. The highest BCUT2D eigenvalue weighted by Crippen LogP contribution is 2.32. The first-order valence-electron chi connectivity index (χ1n) is 6.77. The number of benzene rings is 1. The van der Waals surface area contributed by atoms with E-state index in [0.29, 0.717) is 33.0 Å². The molecule has 0 saturated carbocycles. The topological polar surface area (TPSA) is 75.0 Å². The predicted molar refractivity (Wildman–Crippen MR) is 74.8 cm³/mol. The van der Waals surface area contributed by atoms with E-state index in [9.17, 15) is 0 Å². The van der Waals surface area contributed by atoms with Gasteiger partial charge in [-0.1, -0.05) is 6.07 Å². The summed E-state index contributed by atoms with van der Waals surface area (Å²) in [5.41, 5.74) is 3.76. The van der Waals surface area contributed by atoms with Crippen molar-refractivity contribution in [1.82, 2.24) is 5.43 Å². The second-order valence-corrected chi connectivity index (χ2v) is 4.54. The van der Waals surface area contributed by atoms with Crippen LogP contribution in [0, 0.1) is 0 Å². The molecule has 0 amide bonds. The number of hydrazine groups is 1. The maximum atomic E-state index is 5.67. The highest BCUT2D eigenvalue weighted by molar-refractivity contribution is 5.44. The number of fused-ring (bicyclic) bond motifs is 1. The Kier molecular flexibility index (Phi) is 6.07. The lowest BCUT2D eigenvalue weighted by Crippen LogP contribution is -2.31. The Bertz CT molecular complexity index is 414. The van der Waals surface area contributed by atoms with E-state index in [1.54, 1.807) is 7.11 Å². The SMILES string of the molecule is COCCOCC(NN)c1ccc2c(c1)OCCCO2. The minimum absolute atomic E-state index is 0.0935. The van der Waals surface area contributed by atoms with E-state index in [-0.39, 0.29) is 6.04 Å². The van der Waals surface area contributed by atoms with Crippen LogP contribution in [0.15, 0.2) is 18.2 Å². The molecular weight excluding hydrogens is 260 g/mol. The molecule has 1 aromatic carbocycles. The normalized spacial score (nSPS) is 15.7. The Morgan fingerprint density at radius 3 is 2.80 bits per heavy atom. The summed E-state index contributed by atoms with van der Waals surface area (Å²) < 4.78 is 21.7. The standard InChI is InChI=1S/C14H22N2O4/c1-17-7-8-18-10-12(16-15)11-3-4-13-14(9-11)20-6-2-5-19-13/h3-4,9,12,16H,2,5-8,10,15H2,1H3. The Morgan fingerprint density at radius 2 is 2.05 bits per heavy atom. The van der Waals surface area contributed by atoms with Crippen molar-refractivity contribution in [2.75, 3.05) is 40.1 Å². The van der Waals surface area contributed by atoms with Gasteiger partial charge in [0.1, 0.15) is 0 Å². The zero-order valence-corrected chi connectivity index (χ0v) is 11.8. The van der Waals surface area contributed by atoms with E-state index in [4.69, 9.17) is 24.8 Å². The van der Waals surface area contributed by atoms with Gasteiger partial charge in [-0.3, -0.25) is 11.3 Å². The first-order valence-corrected chi connectivity index (χ1v) is 6.77. The Hall–Kier alpha value is -1.34. The third kappa shape index (κ3) is 4.08. The van der Waals surface area contributed by atoms with Crippen LogP contribution in [0.4, 0.5) is 0 Å². The van der Waals surface area contributed by atoms with Gasteiger partial charge in [0.05, 0.1) is 39.1 Å². The van der Waals surface area contributed by atoms with E-state index in [1.807, 2.05) is 18.2 Å². The quantitative estimate of drug-likeness (QED) is 0.442. The maximum absolute atomic E-state index is 5.67. The first kappa shape index (κ1) is 15.1. The van der Waals surface area contributed by atoms with Crippen molar-refractivity contribution < 1.29 is 18.9 Å². The highest BCUT2D eigenvalue weighted by atomic mass is 16.5. The molecule has 1 aromatic rings. The molecular formula is C14H22N2O4. The van der Waals surface area contributed by atoms with Crippen molar-refractivity contribution in [3.63, 3.8) is 0 Å². The lowest BCUT2D eigenvalue weighted by Gasteiger charge is -2.18. The second kappa shape index (κ2) is 8.06. The number of hydrogen-bond acceptors (Lipinski definition) is 6. The predicted octanol–water partition coefficient (Wildman–Crippen LogP) is 1.02. The van der Waals surface area contributed by atoms with E-state index >= 15 is 0 Å². The van der Waals surface area contributed by atoms with Crippen LogP contribution in [0.3, 0.4) is 0 Å². The molecule has 0 saturated heterocycles. The fraction of sp³-hybridized carbons (Fsp3) is 0.571. The second-order valence-electron chi connectivity index (χ2n) is 4.54. The summed E-state index contributed by atoms with van der Waals surface area (Å²) in [4.78, 5) is 0. The van der Waals surface area contributed by atoms with E-state index in [2.05, 4.69) is 5.43 Å².